The van der Waals surface area contributed by atoms with Crippen molar-refractivity contribution in [3.63, 3.8) is 0 Å². The van der Waals surface area contributed by atoms with Gasteiger partial charge in [-0.25, -0.2) is 0 Å². The second-order valence-electron chi connectivity index (χ2n) is 6.57. The minimum absolute atomic E-state index is 0.00396. The van der Waals surface area contributed by atoms with Crippen molar-refractivity contribution in [3.05, 3.63) is 79.9 Å². The first-order chi connectivity index (χ1) is 14.9. The Labute approximate surface area is 178 Å². The third-order valence-corrected chi connectivity index (χ3v) is 4.41. The van der Waals surface area contributed by atoms with Crippen LogP contribution >= 0.6 is 0 Å². The van der Waals surface area contributed by atoms with Gasteiger partial charge in [-0.15, -0.1) is 0 Å². The van der Waals surface area contributed by atoms with Gasteiger partial charge < -0.3 is 9.47 Å². The molecule has 0 radical (unpaired) electrons. The van der Waals surface area contributed by atoms with Crippen LogP contribution in [0.3, 0.4) is 0 Å². The number of nitro benzene ring substituents is 2. The van der Waals surface area contributed by atoms with Crippen LogP contribution in [-0.2, 0) is 31.9 Å². The summed E-state index contributed by atoms with van der Waals surface area (Å²) < 4.78 is 10.1. The van der Waals surface area contributed by atoms with Crippen molar-refractivity contribution in [2.24, 2.45) is 0 Å². The van der Waals surface area contributed by atoms with E-state index < -0.39 is 21.8 Å². The third-order valence-electron chi connectivity index (χ3n) is 4.41. The van der Waals surface area contributed by atoms with Gasteiger partial charge in [-0.05, 0) is 6.42 Å². The molecule has 0 spiro atoms. The fourth-order valence-electron chi connectivity index (χ4n) is 2.87. The number of ether oxygens (including phenoxy) is 2. The average Bonchev–Trinajstić information content (AvgIpc) is 2.74. The first kappa shape index (κ1) is 23.5. The van der Waals surface area contributed by atoms with Gasteiger partial charge in [0.05, 0.1) is 23.1 Å². The standard InChI is InChI=1S/C21H22N2O8/c24-20(30-14-12-16-6-1-3-8-18(16)22(26)27)10-5-11-21(25)31-15-13-17-7-2-4-9-19(17)23(28)29/h1-4,6-9H,5,10-15H2. The van der Waals surface area contributed by atoms with Crippen molar-refractivity contribution in [1.82, 2.24) is 0 Å². The van der Waals surface area contributed by atoms with Crippen molar-refractivity contribution < 1.29 is 28.9 Å². The summed E-state index contributed by atoms with van der Waals surface area (Å²) in [7, 11) is 0. The van der Waals surface area contributed by atoms with E-state index >= 15 is 0 Å². The Kier molecular flexibility index (Phi) is 9.09. The van der Waals surface area contributed by atoms with Crippen LogP contribution in [0.2, 0.25) is 0 Å². The molecule has 0 heterocycles. The van der Waals surface area contributed by atoms with Gasteiger partial charge in [0.2, 0.25) is 0 Å². The highest BCUT2D eigenvalue weighted by atomic mass is 16.6. The Morgan fingerprint density at radius 3 is 1.48 bits per heavy atom. The SMILES string of the molecule is O=C(CCCC(=O)OCCc1ccccc1[N+](=O)[O-])OCCc1ccccc1[N+](=O)[O-]. The Balaban J connectivity index is 1.62. The van der Waals surface area contributed by atoms with Crippen molar-refractivity contribution in [3.8, 4) is 0 Å². The van der Waals surface area contributed by atoms with Crippen LogP contribution in [0.1, 0.15) is 30.4 Å². The fourth-order valence-corrected chi connectivity index (χ4v) is 2.87. The van der Waals surface area contributed by atoms with E-state index in [1.165, 1.54) is 12.1 Å². The fraction of sp³-hybridized carbons (Fsp3) is 0.333. The van der Waals surface area contributed by atoms with Crippen LogP contribution in [0.4, 0.5) is 11.4 Å². The van der Waals surface area contributed by atoms with Crippen LogP contribution in [-0.4, -0.2) is 35.0 Å². The summed E-state index contributed by atoms with van der Waals surface area (Å²) in [4.78, 5) is 44.4. The van der Waals surface area contributed by atoms with E-state index in [0.29, 0.717) is 11.1 Å². The largest absolute Gasteiger partial charge is 0.465 e. The zero-order chi connectivity index (χ0) is 22.6. The van der Waals surface area contributed by atoms with E-state index in [9.17, 15) is 29.8 Å². The van der Waals surface area contributed by atoms with Crippen molar-refractivity contribution in [2.45, 2.75) is 32.1 Å². The molecular weight excluding hydrogens is 408 g/mol. The number of hydrogen-bond acceptors (Lipinski definition) is 8. The van der Waals surface area contributed by atoms with E-state index in [2.05, 4.69) is 0 Å². The quantitative estimate of drug-likeness (QED) is 0.283. The molecule has 2 aromatic rings. The minimum atomic E-state index is -0.508. The first-order valence-corrected chi connectivity index (χ1v) is 9.64. The lowest BCUT2D eigenvalue weighted by atomic mass is 10.1. The maximum atomic E-state index is 11.8. The normalized spacial score (nSPS) is 10.3. The molecule has 0 aliphatic rings. The predicted octanol–water partition coefficient (Wildman–Crippen LogP) is 3.54. The second kappa shape index (κ2) is 12.0. The number of nitro groups is 2. The summed E-state index contributed by atoms with van der Waals surface area (Å²) >= 11 is 0. The smallest absolute Gasteiger partial charge is 0.305 e. The lowest BCUT2D eigenvalue weighted by Crippen LogP contribution is -2.11. The molecule has 0 bridgehead atoms. The van der Waals surface area contributed by atoms with E-state index in [1.807, 2.05) is 0 Å². The number of carbonyl (C=O) groups excluding carboxylic acids is 2. The molecule has 10 nitrogen and oxygen atoms in total. The van der Waals surface area contributed by atoms with Crippen LogP contribution in [0.5, 0.6) is 0 Å². The number of hydrogen-bond donors (Lipinski definition) is 0. The van der Waals surface area contributed by atoms with Crippen molar-refractivity contribution in [2.75, 3.05) is 13.2 Å². The molecule has 164 valence electrons. The molecular formula is C21H22N2O8. The first-order valence-electron chi connectivity index (χ1n) is 9.64. The monoisotopic (exact) mass is 430 g/mol. The minimum Gasteiger partial charge on any atom is -0.465 e. The lowest BCUT2D eigenvalue weighted by Gasteiger charge is -2.07. The molecule has 0 atom stereocenters. The molecule has 0 N–H and O–H groups in total. The Hall–Kier alpha value is -3.82. The topological polar surface area (TPSA) is 139 Å². The molecule has 0 aliphatic carbocycles. The molecule has 10 heteroatoms. The van der Waals surface area contributed by atoms with Crippen LogP contribution in [0.25, 0.3) is 0 Å². The third kappa shape index (κ3) is 7.84. The lowest BCUT2D eigenvalue weighted by molar-refractivity contribution is -0.385. The molecule has 0 amide bonds. The summed E-state index contributed by atoms with van der Waals surface area (Å²) in [5, 5.41) is 21.9. The predicted molar refractivity (Wildman–Crippen MR) is 109 cm³/mol. The summed E-state index contributed by atoms with van der Waals surface area (Å²) in [5.74, 6) is -1.02. The zero-order valence-electron chi connectivity index (χ0n) is 16.7. The Bertz CT molecular complexity index is 869. The number of benzene rings is 2. The maximum absolute atomic E-state index is 11.8. The van der Waals surface area contributed by atoms with Gasteiger partial charge in [-0.3, -0.25) is 29.8 Å². The second-order valence-corrected chi connectivity index (χ2v) is 6.57. The molecule has 0 unspecified atom stereocenters. The summed E-state index contributed by atoms with van der Waals surface area (Å²) in [6.07, 6.45) is 0.689. The zero-order valence-corrected chi connectivity index (χ0v) is 16.7. The summed E-state index contributed by atoms with van der Waals surface area (Å²) in [5.41, 5.74) is 0.898. The van der Waals surface area contributed by atoms with E-state index in [1.54, 1.807) is 36.4 Å². The molecule has 0 fully saturated rings. The number of carbonyl (C=O) groups is 2. The van der Waals surface area contributed by atoms with Crippen LogP contribution in [0.15, 0.2) is 48.5 Å². The number of para-hydroxylation sites is 2. The number of rotatable bonds is 12. The van der Waals surface area contributed by atoms with E-state index in [4.69, 9.17) is 9.47 Å². The van der Waals surface area contributed by atoms with Gasteiger partial charge in [-0.2, -0.15) is 0 Å². The molecule has 0 aliphatic heterocycles. The number of esters is 2. The molecule has 0 aromatic heterocycles. The van der Waals surface area contributed by atoms with Crippen LogP contribution < -0.4 is 0 Å². The van der Waals surface area contributed by atoms with Gasteiger partial charge >= 0.3 is 11.9 Å². The molecule has 2 rings (SSSR count). The highest BCUT2D eigenvalue weighted by Gasteiger charge is 2.14. The molecule has 0 saturated carbocycles. The Morgan fingerprint density at radius 1 is 0.710 bits per heavy atom. The highest BCUT2D eigenvalue weighted by Crippen LogP contribution is 2.19. The number of nitrogens with zero attached hydrogens (tertiary/aromatic N) is 2. The average molecular weight is 430 g/mol. The van der Waals surface area contributed by atoms with Crippen molar-refractivity contribution in [1.29, 1.82) is 0 Å². The molecule has 2 aromatic carbocycles. The van der Waals surface area contributed by atoms with Crippen molar-refractivity contribution >= 4 is 23.3 Å². The molecule has 31 heavy (non-hydrogen) atoms. The van der Waals surface area contributed by atoms with Gasteiger partial charge in [0.25, 0.3) is 11.4 Å². The summed E-state index contributed by atoms with van der Waals surface area (Å²) in [6.45, 7) is 0.00791. The molecule has 0 saturated heterocycles. The highest BCUT2D eigenvalue weighted by molar-refractivity contribution is 5.72. The van der Waals surface area contributed by atoms with Gasteiger partial charge in [0.1, 0.15) is 0 Å². The van der Waals surface area contributed by atoms with Crippen LogP contribution in [0, 0.1) is 20.2 Å². The van der Waals surface area contributed by atoms with Gasteiger partial charge in [-0.1, -0.05) is 36.4 Å². The van der Waals surface area contributed by atoms with Gasteiger partial charge in [0.15, 0.2) is 0 Å². The van der Waals surface area contributed by atoms with E-state index in [0.717, 1.165) is 0 Å². The Morgan fingerprint density at radius 2 is 1.10 bits per heavy atom. The maximum Gasteiger partial charge on any atom is 0.305 e. The van der Waals surface area contributed by atoms with Gasteiger partial charge in [0, 0.05) is 48.9 Å². The van der Waals surface area contributed by atoms with E-state index in [-0.39, 0.29) is 56.7 Å². The summed E-state index contributed by atoms with van der Waals surface area (Å²) in [6, 6.07) is 12.5.